The maximum absolute atomic E-state index is 13.2. The minimum atomic E-state index is -6.16. The lowest BCUT2D eigenvalue weighted by atomic mass is 9.88. The lowest BCUT2D eigenvalue weighted by molar-refractivity contribution is -0.376. The van der Waals surface area contributed by atoms with Gasteiger partial charge in [-0.05, 0) is 36.1 Å². The summed E-state index contributed by atoms with van der Waals surface area (Å²) in [5, 5.41) is 21.7. The maximum atomic E-state index is 13.2. The van der Waals surface area contributed by atoms with E-state index in [-0.39, 0.29) is 22.5 Å². The Kier molecular flexibility index (Phi) is 6.09. The average molecular weight is 527 g/mol. The van der Waals surface area contributed by atoms with Gasteiger partial charge in [-0.1, -0.05) is 24.3 Å². The number of hydrogen-bond donors (Lipinski definition) is 3. The Morgan fingerprint density at radius 3 is 1.06 bits per heavy atom. The molecule has 2 aromatic carbocycles. The Hall–Kier alpha value is -2.68. The van der Waals surface area contributed by atoms with Gasteiger partial charge in [0.05, 0.1) is 0 Å². The second kappa shape index (κ2) is 7.91. The fourth-order valence-electron chi connectivity index (χ4n) is 3.69. The Labute approximate surface area is 188 Å². The standard InChI is InChI=1S/C20H13F12NO2/c21-17(22,23)15(34,18(24,25)26)11-3-5-13-9(7-11)1-2-10-8-12(4-6-14(10)33-13)16(35,19(27,28)29)20(30,31)32/h3-8,33-35H,1-2H2. The molecule has 0 amide bonds. The number of hydrogen-bond acceptors (Lipinski definition) is 3. The smallest absolute Gasteiger partial charge is 0.369 e. The molecule has 194 valence electrons. The van der Waals surface area contributed by atoms with Gasteiger partial charge in [-0.25, -0.2) is 0 Å². The van der Waals surface area contributed by atoms with Crippen LogP contribution >= 0.6 is 0 Å². The van der Waals surface area contributed by atoms with Crippen molar-refractivity contribution in [3.8, 4) is 0 Å². The highest BCUT2D eigenvalue weighted by Crippen LogP contribution is 2.52. The van der Waals surface area contributed by atoms with Gasteiger partial charge < -0.3 is 15.5 Å². The van der Waals surface area contributed by atoms with Crippen molar-refractivity contribution in [1.29, 1.82) is 0 Å². The number of anilines is 2. The predicted octanol–water partition coefficient (Wildman–Crippen LogP) is 6.15. The van der Waals surface area contributed by atoms with E-state index in [1.165, 1.54) is 0 Å². The third-order valence-corrected chi connectivity index (χ3v) is 5.62. The van der Waals surface area contributed by atoms with Crippen LogP contribution in [0.15, 0.2) is 36.4 Å². The van der Waals surface area contributed by atoms with Crippen LogP contribution in [-0.2, 0) is 24.0 Å². The van der Waals surface area contributed by atoms with Crippen molar-refractivity contribution in [2.75, 3.05) is 5.32 Å². The first-order chi connectivity index (χ1) is 15.6. The zero-order valence-corrected chi connectivity index (χ0v) is 16.8. The van der Waals surface area contributed by atoms with Crippen LogP contribution in [-0.4, -0.2) is 34.9 Å². The fraction of sp³-hybridized carbons (Fsp3) is 0.400. The number of aliphatic hydroxyl groups is 2. The minimum absolute atomic E-state index is 0.0890. The Bertz CT molecular complexity index is 1000. The summed E-state index contributed by atoms with van der Waals surface area (Å²) in [7, 11) is 0. The SMILES string of the molecule is OC(c1ccc2c(c1)CCc1cc(C(O)(C(F)(F)F)C(F)(F)F)ccc1N2)(C(F)(F)F)C(F)(F)F. The van der Waals surface area contributed by atoms with E-state index in [1.54, 1.807) is 0 Å². The molecule has 0 bridgehead atoms. The molecule has 0 aromatic heterocycles. The first kappa shape index (κ1) is 26.9. The number of halogens is 12. The zero-order valence-electron chi connectivity index (χ0n) is 16.8. The van der Waals surface area contributed by atoms with Crippen molar-refractivity contribution >= 4 is 11.4 Å². The summed E-state index contributed by atoms with van der Waals surface area (Å²) in [4.78, 5) is 0. The summed E-state index contributed by atoms with van der Waals surface area (Å²) >= 11 is 0. The van der Waals surface area contributed by atoms with Crippen LogP contribution in [0.5, 0.6) is 0 Å². The molecule has 1 aliphatic heterocycles. The van der Waals surface area contributed by atoms with Crippen LogP contribution in [0.2, 0.25) is 0 Å². The lowest BCUT2D eigenvalue weighted by Crippen LogP contribution is -2.54. The van der Waals surface area contributed by atoms with Gasteiger partial charge in [-0.3, -0.25) is 0 Å². The molecular weight excluding hydrogens is 514 g/mol. The molecule has 0 unspecified atom stereocenters. The van der Waals surface area contributed by atoms with E-state index in [4.69, 9.17) is 0 Å². The molecule has 15 heteroatoms. The van der Waals surface area contributed by atoms with E-state index in [0.29, 0.717) is 24.3 Å². The summed E-state index contributed by atoms with van der Waals surface area (Å²) in [5.41, 5.74) is -14.2. The van der Waals surface area contributed by atoms with Crippen molar-refractivity contribution in [2.24, 2.45) is 0 Å². The minimum Gasteiger partial charge on any atom is -0.369 e. The first-order valence-corrected chi connectivity index (χ1v) is 9.40. The molecule has 0 fully saturated rings. The highest BCUT2D eigenvalue weighted by molar-refractivity contribution is 5.69. The molecule has 1 aliphatic rings. The van der Waals surface area contributed by atoms with Gasteiger partial charge in [-0.15, -0.1) is 0 Å². The molecule has 3 rings (SSSR count). The zero-order chi connectivity index (χ0) is 26.8. The second-order valence-corrected chi connectivity index (χ2v) is 7.78. The molecule has 0 saturated heterocycles. The number of benzene rings is 2. The highest BCUT2D eigenvalue weighted by atomic mass is 19.4. The van der Waals surface area contributed by atoms with E-state index in [9.17, 15) is 62.9 Å². The van der Waals surface area contributed by atoms with Gasteiger partial charge in [0.25, 0.3) is 11.2 Å². The van der Waals surface area contributed by atoms with Crippen molar-refractivity contribution in [1.82, 2.24) is 0 Å². The van der Waals surface area contributed by atoms with E-state index in [1.807, 2.05) is 0 Å². The summed E-state index contributed by atoms with van der Waals surface area (Å²) in [6.45, 7) is 0. The summed E-state index contributed by atoms with van der Waals surface area (Å²) in [5.74, 6) is 0. The van der Waals surface area contributed by atoms with Crippen LogP contribution in [0.3, 0.4) is 0 Å². The predicted molar refractivity (Wildman–Crippen MR) is 95.6 cm³/mol. The molecule has 0 aliphatic carbocycles. The third kappa shape index (κ3) is 4.17. The van der Waals surface area contributed by atoms with Crippen molar-refractivity contribution in [3.63, 3.8) is 0 Å². The molecule has 0 atom stereocenters. The number of nitrogens with one attached hydrogen (secondary N) is 1. The molecular formula is C20H13F12NO2. The van der Waals surface area contributed by atoms with Crippen molar-refractivity contribution in [2.45, 2.75) is 48.7 Å². The van der Waals surface area contributed by atoms with Gasteiger partial charge in [0, 0.05) is 22.5 Å². The summed E-state index contributed by atoms with van der Waals surface area (Å²) < 4.78 is 158. The third-order valence-electron chi connectivity index (χ3n) is 5.62. The Morgan fingerprint density at radius 1 is 0.514 bits per heavy atom. The van der Waals surface area contributed by atoms with E-state index >= 15 is 0 Å². The van der Waals surface area contributed by atoms with Crippen LogP contribution in [0.1, 0.15) is 22.3 Å². The molecule has 1 heterocycles. The molecule has 0 radical (unpaired) electrons. The Morgan fingerprint density at radius 2 is 0.800 bits per heavy atom. The molecule has 35 heavy (non-hydrogen) atoms. The van der Waals surface area contributed by atoms with Gasteiger partial charge in [-0.2, -0.15) is 52.7 Å². The van der Waals surface area contributed by atoms with Crippen molar-refractivity contribution in [3.05, 3.63) is 58.7 Å². The summed E-state index contributed by atoms with van der Waals surface area (Å²) in [6, 6.07) is 3.02. The number of rotatable bonds is 2. The first-order valence-electron chi connectivity index (χ1n) is 9.40. The Balaban J connectivity index is 2.06. The van der Waals surface area contributed by atoms with Gasteiger partial charge in [0.15, 0.2) is 0 Å². The fourth-order valence-corrected chi connectivity index (χ4v) is 3.69. The monoisotopic (exact) mass is 527 g/mol. The van der Waals surface area contributed by atoms with Gasteiger partial charge in [0.2, 0.25) is 0 Å². The van der Waals surface area contributed by atoms with E-state index < -0.39 is 59.9 Å². The number of alkyl halides is 12. The lowest BCUT2D eigenvalue weighted by Gasteiger charge is -2.33. The number of aryl methyl sites for hydroxylation is 2. The topological polar surface area (TPSA) is 52.5 Å². The molecule has 3 N–H and O–H groups in total. The van der Waals surface area contributed by atoms with E-state index in [0.717, 1.165) is 12.1 Å². The van der Waals surface area contributed by atoms with Gasteiger partial charge >= 0.3 is 24.7 Å². The highest BCUT2D eigenvalue weighted by Gasteiger charge is 2.72. The van der Waals surface area contributed by atoms with Crippen LogP contribution < -0.4 is 5.32 Å². The van der Waals surface area contributed by atoms with Crippen LogP contribution in [0.25, 0.3) is 0 Å². The normalized spacial score (nSPS) is 15.7. The van der Waals surface area contributed by atoms with Crippen molar-refractivity contribution < 1.29 is 62.9 Å². The number of fused-ring (bicyclic) bond motifs is 2. The van der Waals surface area contributed by atoms with Crippen LogP contribution in [0.4, 0.5) is 64.1 Å². The second-order valence-electron chi connectivity index (χ2n) is 7.78. The van der Waals surface area contributed by atoms with Crippen LogP contribution in [0, 0.1) is 0 Å². The quantitative estimate of drug-likeness (QED) is 0.411. The van der Waals surface area contributed by atoms with Gasteiger partial charge in [0.1, 0.15) is 0 Å². The van der Waals surface area contributed by atoms with E-state index in [2.05, 4.69) is 5.32 Å². The molecule has 3 nitrogen and oxygen atoms in total. The molecule has 2 aromatic rings. The maximum Gasteiger partial charge on any atom is 0.430 e. The largest absolute Gasteiger partial charge is 0.430 e. The average Bonchev–Trinajstić information content (AvgIpc) is 2.87. The molecule has 0 saturated carbocycles. The molecule has 0 spiro atoms. The summed E-state index contributed by atoms with van der Waals surface area (Å²) in [6.07, 6.45) is -25.5.